The maximum Gasteiger partial charge on any atom is 0.233 e. The number of hydrogen-bond acceptors (Lipinski definition) is 5. The summed E-state index contributed by atoms with van der Waals surface area (Å²) >= 11 is 1.36. The number of thioether (sulfide) groups is 1. The van der Waals surface area contributed by atoms with Crippen molar-refractivity contribution in [1.29, 1.82) is 0 Å². The molecular weight excluding hydrogens is 272 g/mol. The molecular formula is C14H18N4OS. The molecule has 0 saturated heterocycles. The number of rotatable bonds is 5. The lowest BCUT2D eigenvalue weighted by Gasteiger charge is -2.11. The minimum Gasteiger partial charge on any atom is -0.370 e. The summed E-state index contributed by atoms with van der Waals surface area (Å²) in [6.07, 6.45) is 0. The van der Waals surface area contributed by atoms with E-state index in [0.717, 1.165) is 23.3 Å². The smallest absolute Gasteiger partial charge is 0.233 e. The van der Waals surface area contributed by atoms with Crippen LogP contribution >= 0.6 is 11.8 Å². The van der Waals surface area contributed by atoms with Crippen LogP contribution in [0.1, 0.15) is 13.8 Å². The van der Waals surface area contributed by atoms with Crippen LogP contribution in [0.2, 0.25) is 0 Å². The van der Waals surface area contributed by atoms with E-state index in [1.54, 1.807) is 7.05 Å². The largest absolute Gasteiger partial charge is 0.370 e. The first-order valence-corrected chi connectivity index (χ1v) is 7.42. The number of nitrogens with one attached hydrogen (secondary N) is 2. The van der Waals surface area contributed by atoms with E-state index in [0.29, 0.717) is 5.16 Å². The maximum absolute atomic E-state index is 11.6. The van der Waals surface area contributed by atoms with Crippen molar-refractivity contribution in [3.05, 3.63) is 24.3 Å². The normalized spacial score (nSPS) is 12.2. The predicted molar refractivity (Wildman–Crippen MR) is 83.1 cm³/mol. The highest BCUT2D eigenvalue weighted by atomic mass is 32.2. The quantitative estimate of drug-likeness (QED) is 0.653. The summed E-state index contributed by atoms with van der Waals surface area (Å²) in [5, 5.41) is 7.25. The van der Waals surface area contributed by atoms with E-state index in [4.69, 9.17) is 0 Å². The Morgan fingerprint density at radius 3 is 2.80 bits per heavy atom. The minimum atomic E-state index is -0.226. The van der Waals surface area contributed by atoms with E-state index in [-0.39, 0.29) is 11.2 Å². The summed E-state index contributed by atoms with van der Waals surface area (Å²) in [6, 6.07) is 7.85. The van der Waals surface area contributed by atoms with Crippen LogP contribution in [-0.2, 0) is 4.79 Å². The fourth-order valence-electron chi connectivity index (χ4n) is 1.83. The monoisotopic (exact) mass is 290 g/mol. The van der Waals surface area contributed by atoms with Crippen molar-refractivity contribution in [3.8, 4) is 0 Å². The van der Waals surface area contributed by atoms with Gasteiger partial charge >= 0.3 is 0 Å². The predicted octanol–water partition coefficient (Wildman–Crippen LogP) is 2.29. The topological polar surface area (TPSA) is 66.9 Å². The lowest BCUT2D eigenvalue weighted by Crippen LogP contribution is -2.27. The van der Waals surface area contributed by atoms with E-state index >= 15 is 0 Å². The number of amides is 1. The number of para-hydroxylation sites is 1. The van der Waals surface area contributed by atoms with Gasteiger partial charge in [0.05, 0.1) is 10.8 Å². The molecule has 2 N–H and O–H groups in total. The molecule has 2 rings (SSSR count). The van der Waals surface area contributed by atoms with Gasteiger partial charge in [0.25, 0.3) is 0 Å². The van der Waals surface area contributed by atoms with Crippen LogP contribution in [0.25, 0.3) is 10.9 Å². The second kappa shape index (κ2) is 6.56. The number of benzene rings is 1. The van der Waals surface area contributed by atoms with Crippen LogP contribution in [0.15, 0.2) is 29.4 Å². The molecule has 106 valence electrons. The molecule has 0 fully saturated rings. The number of hydrogen-bond donors (Lipinski definition) is 2. The van der Waals surface area contributed by atoms with Crippen molar-refractivity contribution in [3.63, 3.8) is 0 Å². The average molecular weight is 290 g/mol. The molecule has 0 saturated carbocycles. The van der Waals surface area contributed by atoms with Crippen LogP contribution in [-0.4, -0.2) is 34.7 Å². The van der Waals surface area contributed by atoms with Crippen molar-refractivity contribution in [2.45, 2.75) is 24.3 Å². The van der Waals surface area contributed by atoms with Gasteiger partial charge in [-0.1, -0.05) is 23.9 Å². The molecule has 0 aliphatic heterocycles. The Morgan fingerprint density at radius 1 is 1.35 bits per heavy atom. The Kier molecular flexibility index (Phi) is 4.79. The summed E-state index contributed by atoms with van der Waals surface area (Å²) in [5.41, 5.74) is 0.880. The first-order chi connectivity index (χ1) is 9.65. The average Bonchev–Trinajstić information content (AvgIpc) is 2.46. The Labute approximate surface area is 122 Å². The van der Waals surface area contributed by atoms with Gasteiger partial charge < -0.3 is 10.6 Å². The maximum atomic E-state index is 11.6. The van der Waals surface area contributed by atoms with Gasteiger partial charge in [0.15, 0.2) is 5.16 Å². The third-order valence-electron chi connectivity index (χ3n) is 2.82. The van der Waals surface area contributed by atoms with E-state index in [9.17, 15) is 4.79 Å². The first-order valence-electron chi connectivity index (χ1n) is 6.54. The number of anilines is 1. The van der Waals surface area contributed by atoms with E-state index < -0.39 is 0 Å². The van der Waals surface area contributed by atoms with Crippen molar-refractivity contribution in [1.82, 2.24) is 15.3 Å². The second-order valence-electron chi connectivity index (χ2n) is 4.28. The molecule has 1 atom stereocenters. The molecule has 0 aliphatic rings. The fraction of sp³-hybridized carbons (Fsp3) is 0.357. The minimum absolute atomic E-state index is 0.0308. The van der Waals surface area contributed by atoms with Crippen molar-refractivity contribution >= 4 is 34.4 Å². The fourth-order valence-corrected chi connectivity index (χ4v) is 2.66. The van der Waals surface area contributed by atoms with Gasteiger partial charge in [0.1, 0.15) is 5.82 Å². The molecule has 0 radical (unpaired) electrons. The summed E-state index contributed by atoms with van der Waals surface area (Å²) in [6.45, 7) is 4.65. The summed E-state index contributed by atoms with van der Waals surface area (Å²) < 4.78 is 0. The van der Waals surface area contributed by atoms with E-state index in [1.165, 1.54) is 11.8 Å². The molecule has 2 aromatic rings. The number of nitrogens with zero attached hydrogens (tertiary/aromatic N) is 2. The Balaban J connectivity index is 2.37. The third-order valence-corrected chi connectivity index (χ3v) is 3.79. The van der Waals surface area contributed by atoms with Gasteiger partial charge in [-0.2, -0.15) is 0 Å². The van der Waals surface area contributed by atoms with Crippen LogP contribution < -0.4 is 10.6 Å². The molecule has 1 aromatic carbocycles. The van der Waals surface area contributed by atoms with E-state index in [1.807, 2.05) is 38.1 Å². The number of carbonyl (C=O) groups is 1. The zero-order valence-corrected chi connectivity index (χ0v) is 12.6. The summed E-state index contributed by atoms with van der Waals surface area (Å²) in [7, 11) is 1.63. The number of carbonyl (C=O) groups excluding carboxylic acids is 1. The van der Waals surface area contributed by atoms with Gasteiger partial charge in [0.2, 0.25) is 5.91 Å². The molecule has 20 heavy (non-hydrogen) atoms. The van der Waals surface area contributed by atoms with E-state index in [2.05, 4.69) is 20.6 Å². The summed E-state index contributed by atoms with van der Waals surface area (Å²) in [5.74, 6) is 0.779. The van der Waals surface area contributed by atoms with Crippen molar-refractivity contribution in [2.24, 2.45) is 0 Å². The van der Waals surface area contributed by atoms with Crippen molar-refractivity contribution < 1.29 is 4.79 Å². The summed E-state index contributed by atoms with van der Waals surface area (Å²) in [4.78, 5) is 20.6. The molecule has 1 heterocycles. The van der Waals surface area contributed by atoms with Crippen molar-refractivity contribution in [2.75, 3.05) is 18.9 Å². The molecule has 0 unspecified atom stereocenters. The van der Waals surface area contributed by atoms with Crippen LogP contribution in [0.4, 0.5) is 5.82 Å². The zero-order valence-electron chi connectivity index (χ0n) is 11.8. The van der Waals surface area contributed by atoms with Crippen LogP contribution in [0, 0.1) is 0 Å². The zero-order chi connectivity index (χ0) is 14.5. The second-order valence-corrected chi connectivity index (χ2v) is 5.58. The molecule has 6 heteroatoms. The lowest BCUT2D eigenvalue weighted by molar-refractivity contribution is -0.119. The highest BCUT2D eigenvalue weighted by Crippen LogP contribution is 2.26. The Morgan fingerprint density at radius 2 is 2.10 bits per heavy atom. The molecule has 0 aliphatic carbocycles. The van der Waals surface area contributed by atoms with Crippen LogP contribution in [0.5, 0.6) is 0 Å². The first kappa shape index (κ1) is 14.6. The molecule has 0 bridgehead atoms. The Bertz CT molecular complexity index is 617. The molecule has 1 aromatic heterocycles. The number of fused-ring (bicyclic) bond motifs is 1. The van der Waals surface area contributed by atoms with Crippen LogP contribution in [0.3, 0.4) is 0 Å². The SMILES string of the molecule is CCNc1nc(S[C@@H](C)C(=O)NC)nc2ccccc12. The van der Waals surface area contributed by atoms with Gasteiger partial charge in [-0.25, -0.2) is 9.97 Å². The molecule has 5 nitrogen and oxygen atoms in total. The van der Waals surface area contributed by atoms with Gasteiger partial charge in [-0.3, -0.25) is 4.79 Å². The van der Waals surface area contributed by atoms with Gasteiger partial charge in [0, 0.05) is 19.0 Å². The molecule has 0 spiro atoms. The Hall–Kier alpha value is -1.82. The standard InChI is InChI=1S/C14H18N4OS/c1-4-16-12-10-7-5-6-8-11(10)17-14(18-12)20-9(2)13(19)15-3/h5-9H,4H2,1-3H3,(H,15,19)(H,16,17,18)/t9-/m0/s1. The molecule has 1 amide bonds. The highest BCUT2D eigenvalue weighted by Gasteiger charge is 2.16. The number of aromatic nitrogens is 2. The van der Waals surface area contributed by atoms with Gasteiger partial charge in [-0.15, -0.1) is 0 Å². The highest BCUT2D eigenvalue weighted by molar-refractivity contribution is 8.00. The lowest BCUT2D eigenvalue weighted by atomic mass is 10.2. The van der Waals surface area contributed by atoms with Gasteiger partial charge in [-0.05, 0) is 26.0 Å². The third kappa shape index (κ3) is 3.19.